The van der Waals surface area contributed by atoms with Crippen LogP contribution in [0.1, 0.15) is 12.2 Å². The van der Waals surface area contributed by atoms with Gasteiger partial charge in [-0.3, -0.25) is 0 Å². The molecule has 130 valence electrons. The van der Waals surface area contributed by atoms with E-state index >= 15 is 0 Å². The van der Waals surface area contributed by atoms with Gasteiger partial charge in [0.15, 0.2) is 0 Å². The van der Waals surface area contributed by atoms with Gasteiger partial charge in [0.25, 0.3) is 0 Å². The molecule has 0 radical (unpaired) electrons. The van der Waals surface area contributed by atoms with E-state index in [9.17, 15) is 9.90 Å². The van der Waals surface area contributed by atoms with Crippen molar-refractivity contribution in [3.8, 4) is 0 Å². The zero-order chi connectivity index (χ0) is 17.5. The third-order valence-electron chi connectivity index (χ3n) is 3.65. The zero-order valence-corrected chi connectivity index (χ0v) is 15.1. The molecule has 1 atom stereocenters. The number of fused-ring (bicyclic) bond motifs is 1. The maximum atomic E-state index is 11.5. The lowest BCUT2D eigenvalue weighted by Gasteiger charge is -2.17. The van der Waals surface area contributed by atoms with Gasteiger partial charge in [-0.2, -0.15) is 11.8 Å². The van der Waals surface area contributed by atoms with E-state index < -0.39 is 12.0 Å². The zero-order valence-electron chi connectivity index (χ0n) is 14.3. The lowest BCUT2D eigenvalue weighted by atomic mass is 10.2. The van der Waals surface area contributed by atoms with Crippen LogP contribution >= 0.6 is 11.8 Å². The summed E-state index contributed by atoms with van der Waals surface area (Å²) in [4.78, 5) is 22.8. The number of nitrogens with zero attached hydrogens (tertiary/aromatic N) is 3. The molecule has 2 aromatic rings. The Labute approximate surface area is 146 Å². The van der Waals surface area contributed by atoms with Crippen molar-refractivity contribution in [2.24, 2.45) is 0 Å². The summed E-state index contributed by atoms with van der Waals surface area (Å²) in [7, 11) is 4.01. The number of carboxylic acids is 1. The fourth-order valence-corrected chi connectivity index (χ4v) is 2.80. The summed E-state index contributed by atoms with van der Waals surface area (Å²) >= 11 is 1.63. The minimum atomic E-state index is -0.860. The van der Waals surface area contributed by atoms with Gasteiger partial charge >= 0.3 is 5.97 Å². The van der Waals surface area contributed by atoms with Crippen molar-refractivity contribution < 1.29 is 9.90 Å². The second-order valence-electron chi connectivity index (χ2n) is 5.88. The number of nitrogens with one attached hydrogen (secondary N) is 1. The molecule has 1 aromatic carbocycles. The average Bonchev–Trinajstić information content (AvgIpc) is 2.56. The minimum absolute atomic E-state index is 0.544. The number of likely N-dealkylation sites (N-methyl/N-ethyl adjacent to an activating group) is 1. The number of aliphatic carboxylic acids is 1. The number of hydrogen-bond donors (Lipinski definition) is 2. The number of hydrogen-bond acceptors (Lipinski definition) is 6. The molecule has 0 saturated carbocycles. The number of anilines is 1. The molecule has 1 aromatic heterocycles. The van der Waals surface area contributed by atoms with Crippen molar-refractivity contribution in [3.05, 3.63) is 30.1 Å². The Morgan fingerprint density at radius 3 is 2.75 bits per heavy atom. The number of carboxylic acid groups (broad SMARTS) is 1. The van der Waals surface area contributed by atoms with Crippen LogP contribution in [0, 0.1) is 0 Å². The lowest BCUT2D eigenvalue weighted by molar-refractivity contribution is -0.137. The summed E-state index contributed by atoms with van der Waals surface area (Å²) < 4.78 is 0. The van der Waals surface area contributed by atoms with Gasteiger partial charge in [0.2, 0.25) is 0 Å². The minimum Gasteiger partial charge on any atom is -0.480 e. The van der Waals surface area contributed by atoms with Crippen LogP contribution in [-0.2, 0) is 11.2 Å². The monoisotopic (exact) mass is 348 g/mol. The maximum absolute atomic E-state index is 11.5. The molecule has 0 aliphatic carbocycles. The van der Waals surface area contributed by atoms with Crippen molar-refractivity contribution in [2.75, 3.05) is 38.0 Å². The summed E-state index contributed by atoms with van der Waals surface area (Å²) in [5, 5.41) is 13.4. The van der Waals surface area contributed by atoms with Crippen molar-refractivity contribution in [2.45, 2.75) is 18.9 Å². The smallest absolute Gasteiger partial charge is 0.326 e. The van der Waals surface area contributed by atoms with Crippen LogP contribution in [0.5, 0.6) is 0 Å². The van der Waals surface area contributed by atoms with Gasteiger partial charge in [0, 0.05) is 18.4 Å². The lowest BCUT2D eigenvalue weighted by Crippen LogP contribution is -2.30. The molecule has 0 amide bonds. The molecule has 2 rings (SSSR count). The van der Waals surface area contributed by atoms with E-state index in [2.05, 4.69) is 20.2 Å². The van der Waals surface area contributed by atoms with Gasteiger partial charge in [-0.05, 0) is 44.7 Å². The molecule has 24 heavy (non-hydrogen) atoms. The van der Waals surface area contributed by atoms with E-state index in [0.717, 1.165) is 35.4 Å². The standard InChI is InChI=1S/C17H24N4O2S/c1-21(2)10-8-15-18-13-7-5-4-6-12(13)16(20-15)19-14(17(22)23)9-11-24-3/h4-7,14H,8-11H2,1-3H3,(H,22,23)(H,18,19,20). The number of rotatable bonds is 9. The molecule has 6 nitrogen and oxygen atoms in total. The molecule has 0 aliphatic heterocycles. The first-order valence-electron chi connectivity index (χ1n) is 7.90. The Balaban J connectivity index is 2.33. The number of aromatic nitrogens is 2. The maximum Gasteiger partial charge on any atom is 0.326 e. The van der Waals surface area contributed by atoms with Crippen LogP contribution in [0.2, 0.25) is 0 Å². The number of carbonyl (C=O) groups is 1. The fraction of sp³-hybridized carbons (Fsp3) is 0.471. The van der Waals surface area contributed by atoms with Crippen molar-refractivity contribution >= 4 is 34.5 Å². The Morgan fingerprint density at radius 2 is 2.08 bits per heavy atom. The van der Waals surface area contributed by atoms with E-state index in [4.69, 9.17) is 0 Å². The third kappa shape index (κ3) is 5.07. The van der Waals surface area contributed by atoms with E-state index in [1.807, 2.05) is 44.6 Å². The van der Waals surface area contributed by atoms with Crippen LogP contribution in [0.15, 0.2) is 24.3 Å². The van der Waals surface area contributed by atoms with Crippen molar-refractivity contribution in [3.63, 3.8) is 0 Å². The van der Waals surface area contributed by atoms with E-state index in [1.54, 1.807) is 11.8 Å². The topological polar surface area (TPSA) is 78.4 Å². The highest BCUT2D eigenvalue weighted by Crippen LogP contribution is 2.22. The van der Waals surface area contributed by atoms with Crippen LogP contribution in [0.3, 0.4) is 0 Å². The highest BCUT2D eigenvalue weighted by molar-refractivity contribution is 7.98. The Hall–Kier alpha value is -1.86. The molecule has 0 aliphatic rings. The predicted octanol–water partition coefficient (Wildman–Crippen LogP) is 2.35. The highest BCUT2D eigenvalue weighted by atomic mass is 32.2. The second-order valence-corrected chi connectivity index (χ2v) is 6.86. The summed E-state index contributed by atoms with van der Waals surface area (Å²) in [6.45, 7) is 0.840. The van der Waals surface area contributed by atoms with E-state index in [-0.39, 0.29) is 0 Å². The normalized spacial score (nSPS) is 12.5. The molecule has 0 spiro atoms. The Kier molecular flexibility index (Phi) is 6.81. The van der Waals surface area contributed by atoms with Crippen molar-refractivity contribution in [1.82, 2.24) is 14.9 Å². The molecule has 0 fully saturated rings. The molecule has 0 bridgehead atoms. The predicted molar refractivity (Wildman–Crippen MR) is 99.8 cm³/mol. The molecule has 1 heterocycles. The van der Waals surface area contributed by atoms with Crippen LogP contribution in [0.25, 0.3) is 10.9 Å². The van der Waals surface area contributed by atoms with Gasteiger partial charge in [0.1, 0.15) is 17.7 Å². The van der Waals surface area contributed by atoms with Gasteiger partial charge in [-0.1, -0.05) is 12.1 Å². The van der Waals surface area contributed by atoms with Crippen molar-refractivity contribution in [1.29, 1.82) is 0 Å². The molecule has 7 heteroatoms. The fourth-order valence-electron chi connectivity index (χ4n) is 2.33. The average molecular weight is 348 g/mol. The molecular formula is C17H24N4O2S. The molecule has 0 saturated heterocycles. The van der Waals surface area contributed by atoms with Gasteiger partial charge in [0.05, 0.1) is 5.52 Å². The van der Waals surface area contributed by atoms with Gasteiger partial charge in [-0.15, -0.1) is 0 Å². The first-order chi connectivity index (χ1) is 11.5. The Bertz CT molecular complexity index is 693. The van der Waals surface area contributed by atoms with Gasteiger partial charge < -0.3 is 15.3 Å². The quantitative estimate of drug-likeness (QED) is 0.720. The summed E-state index contributed by atoms with van der Waals surface area (Å²) in [5.74, 6) is 1.24. The van der Waals surface area contributed by atoms with Crippen LogP contribution in [0.4, 0.5) is 5.82 Å². The van der Waals surface area contributed by atoms with E-state index in [0.29, 0.717) is 12.2 Å². The first kappa shape index (κ1) is 18.5. The number of thioether (sulfide) groups is 1. The summed E-state index contributed by atoms with van der Waals surface area (Å²) in [6, 6.07) is 7.03. The van der Waals surface area contributed by atoms with E-state index in [1.165, 1.54) is 0 Å². The second kappa shape index (κ2) is 8.84. The molecular weight excluding hydrogens is 324 g/mol. The largest absolute Gasteiger partial charge is 0.480 e. The number of para-hydroxylation sites is 1. The SMILES string of the molecule is CSCCC(Nc1nc(CCN(C)C)nc2ccccc12)C(=O)O. The molecule has 2 N–H and O–H groups in total. The molecule has 1 unspecified atom stereocenters. The van der Waals surface area contributed by atoms with Crippen LogP contribution in [-0.4, -0.2) is 64.6 Å². The van der Waals surface area contributed by atoms with Gasteiger partial charge in [-0.25, -0.2) is 14.8 Å². The van der Waals surface area contributed by atoms with Crippen LogP contribution < -0.4 is 5.32 Å². The first-order valence-corrected chi connectivity index (χ1v) is 9.29. The Morgan fingerprint density at radius 1 is 1.33 bits per heavy atom. The summed E-state index contributed by atoms with van der Waals surface area (Å²) in [6.07, 6.45) is 3.23. The number of benzene rings is 1. The summed E-state index contributed by atoms with van der Waals surface area (Å²) in [5.41, 5.74) is 0.831. The highest BCUT2D eigenvalue weighted by Gasteiger charge is 2.19. The third-order valence-corrected chi connectivity index (χ3v) is 4.30.